The minimum absolute atomic E-state index is 0.0345. The molecule has 3 aromatic rings. The number of aliphatic hydroxyl groups is 1. The fraction of sp³-hybridized carbons (Fsp3) is 0.250. The van der Waals surface area contributed by atoms with Crippen LogP contribution < -0.4 is 5.32 Å². The molecule has 38 heavy (non-hydrogen) atoms. The Balaban J connectivity index is 1.70. The van der Waals surface area contributed by atoms with Crippen molar-refractivity contribution >= 4 is 67.3 Å². The topological polar surface area (TPSA) is 102 Å². The number of para-hydroxylation sites is 1. The highest BCUT2D eigenvalue weighted by Gasteiger charge is 2.33. The van der Waals surface area contributed by atoms with E-state index in [0.717, 1.165) is 27.4 Å². The fourth-order valence-corrected chi connectivity index (χ4v) is 5.34. The molecule has 1 aliphatic heterocycles. The highest BCUT2D eigenvalue weighted by Crippen LogP contribution is 2.41. The van der Waals surface area contributed by atoms with Crippen molar-refractivity contribution < 1.29 is 24.2 Å². The summed E-state index contributed by atoms with van der Waals surface area (Å²) in [5.74, 6) is -0.930. The number of hydrogen-bond acceptors (Lipinski definition) is 7. The largest absolute Gasteiger partial charge is 0.506 e. The zero-order valence-electron chi connectivity index (χ0n) is 21.1. The second-order valence-electron chi connectivity index (χ2n) is 8.38. The van der Waals surface area contributed by atoms with Gasteiger partial charge in [-0.2, -0.15) is 0 Å². The highest BCUT2D eigenvalue weighted by molar-refractivity contribution is 9.10. The van der Waals surface area contributed by atoms with Crippen molar-refractivity contribution in [2.45, 2.75) is 19.9 Å². The molecule has 1 aromatic heterocycles. The Morgan fingerprint density at radius 2 is 2.00 bits per heavy atom. The van der Waals surface area contributed by atoms with E-state index in [4.69, 9.17) is 9.47 Å². The molecule has 0 spiro atoms. The lowest BCUT2D eigenvalue weighted by atomic mass is 10.1. The van der Waals surface area contributed by atoms with Crippen molar-refractivity contribution in [3.63, 3.8) is 0 Å². The minimum Gasteiger partial charge on any atom is -0.506 e. The summed E-state index contributed by atoms with van der Waals surface area (Å²) in [7, 11) is 1.63. The monoisotopic (exact) mass is 597 g/mol. The van der Waals surface area contributed by atoms with Gasteiger partial charge in [0.15, 0.2) is 0 Å². The zero-order valence-corrected chi connectivity index (χ0v) is 23.5. The van der Waals surface area contributed by atoms with Crippen molar-refractivity contribution in [1.29, 1.82) is 0 Å². The van der Waals surface area contributed by atoms with Gasteiger partial charge in [0.05, 0.1) is 17.2 Å². The molecule has 0 aliphatic carbocycles. The number of ether oxygens (including phenoxy) is 2. The van der Waals surface area contributed by atoms with E-state index in [1.165, 1.54) is 11.8 Å². The summed E-state index contributed by atoms with van der Waals surface area (Å²) in [6.45, 7) is 3.13. The van der Waals surface area contributed by atoms with Crippen LogP contribution in [0.3, 0.4) is 0 Å². The quantitative estimate of drug-likeness (QED) is 0.228. The molecular weight excluding hydrogens is 570 g/mol. The standard InChI is InChI=1S/C28H28BrN3O5S/c1-3-37-28(35)25-26(34)23(38-27(25)31-20-8-5-4-6-9-20)14-18-16-32(17-24(33)30-12-7-13-36-2)22-11-10-19(29)15-21(18)22/h4-6,8-11,14-16,34H,3,7,12-13,17H2,1-2H3,(H,30,33)/b23-14-,31-27?. The molecule has 2 aromatic carbocycles. The number of nitrogens with one attached hydrogen (secondary N) is 1. The second kappa shape index (κ2) is 12.9. The van der Waals surface area contributed by atoms with Gasteiger partial charge in [-0.3, -0.25) is 4.79 Å². The maximum Gasteiger partial charge on any atom is 0.344 e. The number of esters is 1. The van der Waals surface area contributed by atoms with Gasteiger partial charge in [-0.1, -0.05) is 45.9 Å². The van der Waals surface area contributed by atoms with Crippen LogP contribution in [0.25, 0.3) is 17.0 Å². The molecule has 1 aliphatic rings. The van der Waals surface area contributed by atoms with Crippen molar-refractivity contribution in [2.24, 2.45) is 4.99 Å². The number of methoxy groups -OCH3 is 1. The number of fused-ring (bicyclic) bond motifs is 1. The first kappa shape index (κ1) is 27.7. The lowest BCUT2D eigenvalue weighted by Gasteiger charge is -2.07. The first-order valence-corrected chi connectivity index (χ1v) is 13.7. The molecule has 0 atom stereocenters. The van der Waals surface area contributed by atoms with Crippen LogP contribution in [0.1, 0.15) is 18.9 Å². The predicted octanol–water partition coefficient (Wildman–Crippen LogP) is 5.75. The van der Waals surface area contributed by atoms with Gasteiger partial charge >= 0.3 is 5.97 Å². The third-order valence-corrected chi connectivity index (χ3v) is 7.19. The molecule has 8 nitrogen and oxygen atoms in total. The normalized spacial score (nSPS) is 15.6. The molecule has 10 heteroatoms. The highest BCUT2D eigenvalue weighted by atomic mass is 79.9. The second-order valence-corrected chi connectivity index (χ2v) is 10.3. The Bertz CT molecular complexity index is 1430. The van der Waals surface area contributed by atoms with E-state index in [2.05, 4.69) is 26.2 Å². The molecule has 0 saturated heterocycles. The van der Waals surface area contributed by atoms with Gasteiger partial charge in [-0.25, -0.2) is 9.79 Å². The van der Waals surface area contributed by atoms with Crippen LogP contribution in [0, 0.1) is 0 Å². The van der Waals surface area contributed by atoms with Crippen LogP contribution in [0.15, 0.2) is 80.4 Å². The SMILES string of the molecule is CCOC(=O)C1=C(O)/C(=C/c2cn(CC(=O)NCCCOC)c3ccc(Br)cc23)SC1=Nc1ccccc1. The summed E-state index contributed by atoms with van der Waals surface area (Å²) in [4.78, 5) is 30.4. The number of aromatic nitrogens is 1. The van der Waals surface area contributed by atoms with E-state index in [1.54, 1.807) is 20.1 Å². The number of amides is 1. The summed E-state index contributed by atoms with van der Waals surface area (Å²) in [6, 6.07) is 15.0. The number of rotatable bonds is 10. The van der Waals surface area contributed by atoms with Gasteiger partial charge in [0.25, 0.3) is 0 Å². The van der Waals surface area contributed by atoms with E-state index in [1.807, 2.05) is 59.3 Å². The predicted molar refractivity (Wildman–Crippen MR) is 155 cm³/mol. The van der Waals surface area contributed by atoms with Crippen LogP contribution in [0.4, 0.5) is 5.69 Å². The van der Waals surface area contributed by atoms with Gasteiger partial charge in [0.1, 0.15) is 22.9 Å². The molecule has 198 valence electrons. The van der Waals surface area contributed by atoms with Crippen LogP contribution in [0.2, 0.25) is 0 Å². The number of nitrogens with zero attached hydrogens (tertiary/aromatic N) is 2. The number of hydrogen-bond donors (Lipinski definition) is 2. The smallest absolute Gasteiger partial charge is 0.344 e. The third-order valence-electron chi connectivity index (χ3n) is 5.68. The summed E-state index contributed by atoms with van der Waals surface area (Å²) in [5.41, 5.74) is 2.34. The maximum atomic E-state index is 12.7. The summed E-state index contributed by atoms with van der Waals surface area (Å²) >= 11 is 4.72. The van der Waals surface area contributed by atoms with E-state index in [-0.39, 0.29) is 30.4 Å². The Labute approximate surface area is 233 Å². The van der Waals surface area contributed by atoms with Crippen LogP contribution >= 0.6 is 27.7 Å². The van der Waals surface area contributed by atoms with Crippen LogP contribution in [0.5, 0.6) is 0 Å². The molecule has 1 amide bonds. The van der Waals surface area contributed by atoms with E-state index >= 15 is 0 Å². The van der Waals surface area contributed by atoms with E-state index < -0.39 is 5.97 Å². The average molecular weight is 599 g/mol. The molecule has 2 heterocycles. The number of carbonyl (C=O) groups is 2. The van der Waals surface area contributed by atoms with Crippen LogP contribution in [-0.4, -0.2) is 53.5 Å². The molecule has 0 unspecified atom stereocenters. The van der Waals surface area contributed by atoms with E-state index in [0.29, 0.717) is 28.8 Å². The first-order valence-electron chi connectivity index (χ1n) is 12.1. The number of aliphatic imine (C=N–C) groups is 1. The fourth-order valence-electron chi connectivity index (χ4n) is 3.95. The van der Waals surface area contributed by atoms with Crippen molar-refractivity contribution in [2.75, 3.05) is 26.9 Å². The van der Waals surface area contributed by atoms with Crippen molar-refractivity contribution in [3.8, 4) is 0 Å². The number of aliphatic hydroxyl groups excluding tert-OH is 1. The zero-order chi connectivity index (χ0) is 27.1. The molecule has 4 rings (SSSR count). The Hall–Kier alpha value is -3.34. The Kier molecular flexibility index (Phi) is 9.43. The third kappa shape index (κ3) is 6.56. The first-order chi connectivity index (χ1) is 18.4. The summed E-state index contributed by atoms with van der Waals surface area (Å²) < 4.78 is 13.0. The van der Waals surface area contributed by atoms with Gasteiger partial charge in [0, 0.05) is 47.4 Å². The van der Waals surface area contributed by atoms with Gasteiger partial charge < -0.3 is 24.5 Å². The Morgan fingerprint density at radius 3 is 2.74 bits per heavy atom. The molecule has 0 radical (unpaired) electrons. The van der Waals surface area contributed by atoms with E-state index in [9.17, 15) is 14.7 Å². The van der Waals surface area contributed by atoms with Gasteiger partial charge in [-0.05, 0) is 49.8 Å². The number of halogens is 1. The van der Waals surface area contributed by atoms with Crippen molar-refractivity contribution in [3.05, 3.63) is 81.0 Å². The van der Waals surface area contributed by atoms with Gasteiger partial charge in [0.2, 0.25) is 5.91 Å². The summed E-state index contributed by atoms with van der Waals surface area (Å²) in [6.07, 6.45) is 4.40. The number of thioether (sulfide) groups is 1. The Morgan fingerprint density at radius 1 is 1.21 bits per heavy atom. The van der Waals surface area contributed by atoms with Crippen LogP contribution in [-0.2, 0) is 25.6 Å². The molecular formula is C28H28BrN3O5S. The molecule has 0 saturated carbocycles. The molecule has 0 fully saturated rings. The number of carbonyl (C=O) groups excluding carboxylic acids is 2. The maximum absolute atomic E-state index is 12.7. The van der Waals surface area contributed by atoms with Crippen molar-refractivity contribution in [1.82, 2.24) is 9.88 Å². The minimum atomic E-state index is -0.633. The molecule has 0 bridgehead atoms. The summed E-state index contributed by atoms with van der Waals surface area (Å²) in [5, 5.41) is 15.2. The van der Waals surface area contributed by atoms with Gasteiger partial charge in [-0.15, -0.1) is 0 Å². The molecule has 2 N–H and O–H groups in total. The lowest BCUT2D eigenvalue weighted by Crippen LogP contribution is -2.28. The number of benzene rings is 2. The average Bonchev–Trinajstić information content (AvgIpc) is 3.38. The lowest BCUT2D eigenvalue weighted by molar-refractivity contribution is -0.138.